The van der Waals surface area contributed by atoms with E-state index in [-0.39, 0.29) is 112 Å². The zero-order valence-corrected chi connectivity index (χ0v) is 59.1. The molecule has 0 rings (SSSR count). The number of rotatable bonds is 51. The van der Waals surface area contributed by atoms with Gasteiger partial charge in [-0.25, -0.2) is 0 Å². The number of nitrogens with two attached hydrogens (primary N) is 6. The van der Waals surface area contributed by atoms with Crippen molar-refractivity contribution in [1.29, 1.82) is 0 Å². The van der Waals surface area contributed by atoms with E-state index in [4.69, 9.17) is 34.4 Å². The van der Waals surface area contributed by atoms with Gasteiger partial charge in [-0.1, -0.05) is 103 Å². The Balaban J connectivity index is 7.03. The topological polar surface area (TPSA) is 464 Å². The van der Waals surface area contributed by atoms with E-state index in [1.807, 2.05) is 96.9 Å². The van der Waals surface area contributed by atoms with Crippen molar-refractivity contribution in [3.8, 4) is 0 Å². The molecule has 0 aromatic heterocycles. The second-order valence-electron chi connectivity index (χ2n) is 28.2. The summed E-state index contributed by atoms with van der Waals surface area (Å²) in [4.78, 5) is 154. The molecule has 0 aliphatic rings. The van der Waals surface area contributed by atoms with Crippen LogP contribution in [-0.2, 0) is 52.7 Å². The minimum Gasteiger partial charge on any atom is -0.368 e. The van der Waals surface area contributed by atoms with Crippen LogP contribution in [0.5, 0.6) is 0 Å². The van der Waals surface area contributed by atoms with Crippen molar-refractivity contribution in [2.75, 3.05) is 26.2 Å². The number of amides is 11. The van der Waals surface area contributed by atoms with E-state index in [1.165, 1.54) is 0 Å². The minimum atomic E-state index is -1.23. The predicted octanol–water partition coefficient (Wildman–Crippen LogP) is 1.49. The molecule has 27 nitrogen and oxygen atoms in total. The highest BCUT2D eigenvalue weighted by molar-refractivity contribution is 5.99. The van der Waals surface area contributed by atoms with Gasteiger partial charge in [0.15, 0.2) is 0 Å². The molecule has 0 heterocycles. The molecule has 0 aliphatic heterocycles. The molecule has 11 amide bonds. The molecule has 0 saturated heterocycles. The summed E-state index contributed by atoms with van der Waals surface area (Å²) in [5.41, 5.74) is 34.9. The Bertz CT molecular complexity index is 2270. The lowest BCUT2D eigenvalue weighted by Gasteiger charge is -2.30. The fourth-order valence-corrected chi connectivity index (χ4v) is 10.6. The van der Waals surface area contributed by atoms with Gasteiger partial charge >= 0.3 is 0 Å². The van der Waals surface area contributed by atoms with Crippen molar-refractivity contribution in [1.82, 2.24) is 53.2 Å². The first-order chi connectivity index (χ1) is 43.6. The highest BCUT2D eigenvalue weighted by atomic mass is 16.2. The van der Waals surface area contributed by atoms with Gasteiger partial charge in [-0.15, -0.1) is 0 Å². The van der Waals surface area contributed by atoms with Crippen LogP contribution in [0.25, 0.3) is 0 Å². The number of hydrogen-bond donors (Lipinski definition) is 16. The average Bonchev–Trinajstić information content (AvgIpc) is 1.72. The summed E-state index contributed by atoms with van der Waals surface area (Å²) in [7, 11) is 0. The maximum Gasteiger partial charge on any atom is 0.243 e. The van der Waals surface area contributed by atoms with Crippen molar-refractivity contribution < 1.29 is 52.7 Å². The number of primary amides is 1. The summed E-state index contributed by atoms with van der Waals surface area (Å²) in [5, 5.41) is 28.1. The Morgan fingerprint density at radius 2 is 0.398 bits per heavy atom. The Kier molecular flexibility index (Phi) is 44.7. The molecule has 0 fully saturated rings. The van der Waals surface area contributed by atoms with Gasteiger partial charge in [0.25, 0.3) is 0 Å². The van der Waals surface area contributed by atoms with Crippen LogP contribution in [0.3, 0.4) is 0 Å². The fraction of sp³-hybridized carbons (Fsp3) is 0.833. The minimum absolute atomic E-state index is 0.0280. The molecule has 27 heteroatoms. The third kappa shape index (κ3) is 38.2. The molecule has 11 unspecified atom stereocenters. The Morgan fingerprint density at radius 1 is 0.237 bits per heavy atom. The van der Waals surface area contributed by atoms with E-state index in [2.05, 4.69) is 53.2 Å². The summed E-state index contributed by atoms with van der Waals surface area (Å²) in [6.45, 7) is 27.5. The van der Waals surface area contributed by atoms with Crippen LogP contribution >= 0.6 is 0 Å². The maximum absolute atomic E-state index is 14.6. The van der Waals surface area contributed by atoms with Crippen molar-refractivity contribution in [3.05, 3.63) is 0 Å². The molecule has 0 spiro atoms. The lowest BCUT2D eigenvalue weighted by molar-refractivity contribution is -0.136. The van der Waals surface area contributed by atoms with Gasteiger partial charge in [0.2, 0.25) is 65.0 Å². The van der Waals surface area contributed by atoms with E-state index in [0.29, 0.717) is 77.4 Å². The third-order valence-electron chi connectivity index (χ3n) is 15.5. The van der Waals surface area contributed by atoms with Crippen molar-refractivity contribution in [2.45, 2.75) is 285 Å². The fourth-order valence-electron chi connectivity index (χ4n) is 10.6. The monoisotopic (exact) mass is 1320 g/mol. The molecule has 0 aliphatic carbocycles. The summed E-state index contributed by atoms with van der Waals surface area (Å²) in [5.74, 6) is -7.99. The molecule has 538 valence electrons. The van der Waals surface area contributed by atoms with E-state index in [0.717, 1.165) is 0 Å². The predicted molar refractivity (Wildman–Crippen MR) is 364 cm³/mol. The molecule has 0 saturated carbocycles. The van der Waals surface area contributed by atoms with Gasteiger partial charge in [-0.05, 0) is 183 Å². The normalized spacial score (nSPS) is 15.2. The van der Waals surface area contributed by atoms with E-state index in [9.17, 15) is 52.7 Å². The number of nitrogens with one attached hydrogen (secondary N) is 10. The molecule has 22 N–H and O–H groups in total. The second-order valence-corrected chi connectivity index (χ2v) is 28.2. The zero-order valence-electron chi connectivity index (χ0n) is 59.1. The molecule has 93 heavy (non-hydrogen) atoms. The maximum atomic E-state index is 14.6. The summed E-state index contributed by atoms with van der Waals surface area (Å²) < 4.78 is 0. The van der Waals surface area contributed by atoms with Crippen molar-refractivity contribution >= 4 is 65.0 Å². The third-order valence-corrected chi connectivity index (χ3v) is 15.5. The standard InChI is InChI=1S/C66H128N16O11/c1-38(2)31-49(56(72)83)76-63(90)52(34-41(7)8)82-66(93)55(37-44(13)14)79-60(87)48(26-18-22-30-70)75-62(89)51(33-40(5)6)81-65(92)54(36-43(11)12)78-59(86)47(25-17-21-29-69)74-61(88)50(32-39(3)4)80-64(91)53(35-42(9)10)77-58(85)46(24-16-20-28-68)73-57(84)45(71)23-15-19-27-67/h38-55H,15-37,67-71H2,1-14H3,(H2,72,83)(H,73,84)(H,74,88)(H,75,89)(H,76,90)(H,77,85)(H,78,86)(H,79,87)(H,80,91)(H,81,92)(H,82,93). The molecule has 0 radical (unpaired) electrons. The smallest absolute Gasteiger partial charge is 0.243 e. The average molecular weight is 1320 g/mol. The lowest BCUT2D eigenvalue weighted by atomic mass is 9.98. The van der Waals surface area contributed by atoms with E-state index >= 15 is 0 Å². The highest BCUT2D eigenvalue weighted by Crippen LogP contribution is 2.17. The number of unbranched alkanes of at least 4 members (excludes halogenated alkanes) is 4. The molecular formula is C66H128N16O11. The highest BCUT2D eigenvalue weighted by Gasteiger charge is 2.37. The van der Waals surface area contributed by atoms with Gasteiger partial charge < -0.3 is 87.6 Å². The first-order valence-corrected chi connectivity index (χ1v) is 34.5. The number of carbonyl (C=O) groups is 11. The second kappa shape index (κ2) is 47.8. The summed E-state index contributed by atoms with van der Waals surface area (Å²) in [6.07, 6.45) is 6.18. The first-order valence-electron chi connectivity index (χ1n) is 34.5. The summed E-state index contributed by atoms with van der Waals surface area (Å²) in [6, 6.07) is -12.3. The van der Waals surface area contributed by atoms with Gasteiger partial charge in [0.1, 0.15) is 60.4 Å². The molecule has 11 atom stereocenters. The molecular weight excluding hydrogens is 1190 g/mol. The Morgan fingerprint density at radius 3 is 0.591 bits per heavy atom. The Labute approximate surface area is 556 Å². The van der Waals surface area contributed by atoms with Crippen LogP contribution in [0.15, 0.2) is 0 Å². The van der Waals surface area contributed by atoms with Gasteiger partial charge in [-0.3, -0.25) is 52.7 Å². The van der Waals surface area contributed by atoms with Crippen LogP contribution in [0, 0.1) is 41.4 Å². The largest absolute Gasteiger partial charge is 0.368 e. The van der Waals surface area contributed by atoms with Crippen LogP contribution in [0.2, 0.25) is 0 Å². The Hall–Kier alpha value is -6.03. The number of hydrogen-bond acceptors (Lipinski definition) is 16. The summed E-state index contributed by atoms with van der Waals surface area (Å²) >= 11 is 0. The van der Waals surface area contributed by atoms with E-state index < -0.39 is 131 Å². The van der Waals surface area contributed by atoms with Crippen LogP contribution in [0.1, 0.15) is 219 Å². The van der Waals surface area contributed by atoms with Gasteiger partial charge in [0.05, 0.1) is 6.04 Å². The van der Waals surface area contributed by atoms with Crippen molar-refractivity contribution in [3.63, 3.8) is 0 Å². The van der Waals surface area contributed by atoms with Gasteiger partial charge in [-0.2, -0.15) is 0 Å². The van der Waals surface area contributed by atoms with Crippen LogP contribution < -0.4 is 87.6 Å². The SMILES string of the molecule is CC(C)CC(NC(=O)C(CC(C)C)NC(=O)C(CC(C)C)NC(=O)C(CCCCN)NC(=O)C(CC(C)C)NC(=O)C(CC(C)C)NC(=O)C(CCCCN)NC(=O)C(CC(C)C)NC(=O)C(CC(C)C)NC(=O)C(CCCCN)NC(=O)C(N)CCCCN)C(N)=O. The van der Waals surface area contributed by atoms with E-state index in [1.54, 1.807) is 0 Å². The zero-order chi connectivity index (χ0) is 71.1. The quantitative estimate of drug-likeness (QED) is 0.0384. The molecule has 0 bridgehead atoms. The molecule has 0 aromatic carbocycles. The number of carbonyl (C=O) groups excluding carboxylic acids is 11. The van der Waals surface area contributed by atoms with Crippen molar-refractivity contribution in [2.24, 2.45) is 75.8 Å². The van der Waals surface area contributed by atoms with Crippen LogP contribution in [-0.4, -0.2) is 158 Å². The lowest BCUT2D eigenvalue weighted by Crippen LogP contribution is -2.61. The molecule has 0 aromatic rings. The van der Waals surface area contributed by atoms with Gasteiger partial charge in [0, 0.05) is 0 Å². The first kappa shape index (κ1) is 87.0. The van der Waals surface area contributed by atoms with Crippen LogP contribution in [0.4, 0.5) is 0 Å².